The van der Waals surface area contributed by atoms with Crippen molar-refractivity contribution in [2.75, 3.05) is 53.9 Å². The Kier molecular flexibility index (Phi) is 13.2. The highest BCUT2D eigenvalue weighted by Gasteiger charge is 2.48. The predicted octanol–water partition coefficient (Wildman–Crippen LogP) is 5.24. The number of nitriles is 1. The maximum atomic E-state index is 12.8. The molecule has 2 aromatic rings. The van der Waals surface area contributed by atoms with Crippen LogP contribution < -0.4 is 9.47 Å². The van der Waals surface area contributed by atoms with E-state index in [1.807, 2.05) is 46.8 Å². The van der Waals surface area contributed by atoms with Gasteiger partial charge in [-0.3, -0.25) is 4.79 Å². The summed E-state index contributed by atoms with van der Waals surface area (Å²) in [6.07, 6.45) is 1.47. The molecule has 2 aromatic carbocycles. The lowest BCUT2D eigenvalue weighted by molar-refractivity contribution is -0.337. The molecular weight excluding hydrogens is 672 g/mol. The lowest BCUT2D eigenvalue weighted by atomic mass is 9.86. The van der Waals surface area contributed by atoms with Crippen molar-refractivity contribution in [3.63, 3.8) is 0 Å². The minimum Gasteiger partial charge on any atom is -0.496 e. The summed E-state index contributed by atoms with van der Waals surface area (Å²) in [5, 5.41) is 19.1. The van der Waals surface area contributed by atoms with Crippen LogP contribution in [0.3, 0.4) is 0 Å². The fraction of sp³-hybridized carbons (Fsp3) is 0.487. The Morgan fingerprint density at radius 2 is 1.40 bits per heavy atom. The second-order valence-electron chi connectivity index (χ2n) is 14.3. The third-order valence-corrected chi connectivity index (χ3v) is 8.77. The third-order valence-electron chi connectivity index (χ3n) is 8.77. The minimum atomic E-state index is -0.796. The molecule has 2 fully saturated rings. The van der Waals surface area contributed by atoms with Gasteiger partial charge in [0.05, 0.1) is 59.2 Å². The van der Waals surface area contributed by atoms with Crippen molar-refractivity contribution in [2.24, 2.45) is 16.2 Å². The van der Waals surface area contributed by atoms with Crippen molar-refractivity contribution in [1.82, 2.24) is 0 Å². The van der Waals surface area contributed by atoms with E-state index in [-0.39, 0.29) is 57.5 Å². The number of hydrogen-bond donors (Lipinski definition) is 1. The van der Waals surface area contributed by atoms with Crippen LogP contribution in [0.15, 0.2) is 47.7 Å². The van der Waals surface area contributed by atoms with E-state index in [0.29, 0.717) is 28.2 Å². The molecule has 278 valence electrons. The molecule has 2 aliphatic rings. The minimum absolute atomic E-state index is 0.0487. The number of carbonyl (C=O) groups is 2. The molecule has 13 heteroatoms. The summed E-state index contributed by atoms with van der Waals surface area (Å²) in [5.41, 5.74) is 0.236. The number of rotatable bonds is 13. The monoisotopic (exact) mass is 718 g/mol. The molecule has 0 atom stereocenters. The van der Waals surface area contributed by atoms with Gasteiger partial charge in [0.15, 0.2) is 12.6 Å². The molecule has 52 heavy (non-hydrogen) atoms. The van der Waals surface area contributed by atoms with Crippen LogP contribution in [-0.4, -0.2) is 83.5 Å². The maximum Gasteiger partial charge on any atom is 0.348 e. The summed E-state index contributed by atoms with van der Waals surface area (Å²) in [6.45, 7) is 17.4. The van der Waals surface area contributed by atoms with Crippen LogP contribution in [0.4, 0.5) is 0 Å². The molecule has 2 saturated heterocycles. The number of ether oxygens (including phenoxy) is 8. The first-order valence-corrected chi connectivity index (χ1v) is 16.6. The quantitative estimate of drug-likeness (QED) is 0.125. The number of aliphatic hydroxyl groups is 1. The Labute approximate surface area is 304 Å². The van der Waals surface area contributed by atoms with Gasteiger partial charge in [-0.2, -0.15) is 5.26 Å². The summed E-state index contributed by atoms with van der Waals surface area (Å²) in [4.78, 5) is 29.0. The van der Waals surface area contributed by atoms with E-state index in [9.17, 15) is 20.0 Å². The van der Waals surface area contributed by atoms with Crippen LogP contribution in [0.2, 0.25) is 0 Å². The van der Waals surface area contributed by atoms with E-state index in [1.165, 1.54) is 19.3 Å². The summed E-state index contributed by atoms with van der Waals surface area (Å²) >= 11 is 0. The number of nitrogens with zero attached hydrogens (tertiary/aromatic N) is 2. The Morgan fingerprint density at radius 1 is 0.885 bits per heavy atom. The van der Waals surface area contributed by atoms with Gasteiger partial charge in [0.2, 0.25) is 0 Å². The number of carbonyl (C=O) groups excluding carboxylic acids is 2. The number of hydrogen-bond acceptors (Lipinski definition) is 12. The molecule has 2 aliphatic heterocycles. The first-order valence-electron chi connectivity index (χ1n) is 16.6. The van der Waals surface area contributed by atoms with E-state index >= 15 is 0 Å². The zero-order valence-electron chi connectivity index (χ0n) is 30.6. The van der Waals surface area contributed by atoms with Gasteiger partial charge in [0.25, 0.3) is 5.70 Å². The largest absolute Gasteiger partial charge is 0.496 e. The van der Waals surface area contributed by atoms with Crippen molar-refractivity contribution < 1.29 is 52.6 Å². The van der Waals surface area contributed by atoms with E-state index in [4.69, 9.17) is 44.5 Å². The highest BCUT2D eigenvalue weighted by molar-refractivity contribution is 5.98. The van der Waals surface area contributed by atoms with E-state index in [0.717, 1.165) is 5.56 Å². The zero-order valence-corrected chi connectivity index (χ0v) is 30.6. The summed E-state index contributed by atoms with van der Waals surface area (Å²) in [7, 11) is 3.04. The van der Waals surface area contributed by atoms with Crippen molar-refractivity contribution in [1.29, 1.82) is 5.26 Å². The Hall–Kier alpha value is -4.76. The molecule has 0 aliphatic carbocycles. The number of benzene rings is 2. The molecule has 1 N–H and O–H groups in total. The molecule has 0 unspecified atom stereocenters. The molecular formula is C39H46N2O11. The maximum absolute atomic E-state index is 12.8. The Morgan fingerprint density at radius 3 is 1.88 bits per heavy atom. The van der Waals surface area contributed by atoms with Crippen LogP contribution >= 0.6 is 0 Å². The molecule has 13 nitrogen and oxygen atoms in total. The van der Waals surface area contributed by atoms with Gasteiger partial charge in [-0.1, -0.05) is 45.9 Å². The normalized spacial score (nSPS) is 21.1. The van der Waals surface area contributed by atoms with Crippen LogP contribution in [-0.2, 0) is 44.6 Å². The van der Waals surface area contributed by atoms with Crippen LogP contribution in [0.5, 0.6) is 11.5 Å². The Bertz CT molecular complexity index is 1750. The van der Waals surface area contributed by atoms with Crippen LogP contribution in [0, 0.1) is 41.1 Å². The summed E-state index contributed by atoms with van der Waals surface area (Å²) in [5.74, 6) is -0.400. The second kappa shape index (κ2) is 17.2. The van der Waals surface area contributed by atoms with Gasteiger partial charge in [-0.15, -0.1) is 0 Å². The van der Waals surface area contributed by atoms with Crippen molar-refractivity contribution in [3.8, 4) is 17.6 Å². The van der Waals surface area contributed by atoms with Gasteiger partial charge < -0.3 is 43.0 Å². The van der Waals surface area contributed by atoms with Crippen molar-refractivity contribution in [2.45, 2.75) is 53.8 Å². The highest BCUT2D eigenvalue weighted by atomic mass is 16.7. The van der Waals surface area contributed by atoms with Gasteiger partial charge >= 0.3 is 11.9 Å². The molecule has 0 bridgehead atoms. The number of methoxy groups -OCH3 is 2. The lowest BCUT2D eigenvalue weighted by Gasteiger charge is -2.48. The molecule has 0 radical (unpaired) electrons. The predicted molar refractivity (Wildman–Crippen MR) is 188 cm³/mol. The molecule has 0 aromatic heterocycles. The first kappa shape index (κ1) is 40.0. The van der Waals surface area contributed by atoms with Gasteiger partial charge in [0.1, 0.15) is 36.4 Å². The van der Waals surface area contributed by atoms with Crippen LogP contribution in [0.25, 0.3) is 17.0 Å². The topological polar surface area (TPSA) is 156 Å². The van der Waals surface area contributed by atoms with E-state index < -0.39 is 40.8 Å². The van der Waals surface area contributed by atoms with Crippen LogP contribution in [0.1, 0.15) is 49.9 Å². The molecule has 1 spiro atoms. The molecule has 2 heterocycles. The fourth-order valence-corrected chi connectivity index (χ4v) is 5.62. The van der Waals surface area contributed by atoms with E-state index in [2.05, 4.69) is 4.85 Å². The Balaban J connectivity index is 1.26. The fourth-order valence-electron chi connectivity index (χ4n) is 5.62. The zero-order chi connectivity index (χ0) is 38.1. The second-order valence-corrected chi connectivity index (χ2v) is 14.3. The molecule has 4 rings (SSSR count). The third kappa shape index (κ3) is 9.76. The van der Waals surface area contributed by atoms with Gasteiger partial charge in [-0.25, -0.2) is 9.64 Å². The highest BCUT2D eigenvalue weighted by Crippen LogP contribution is 2.39. The molecule has 0 amide bonds. The first-order chi connectivity index (χ1) is 24.7. The van der Waals surface area contributed by atoms with Gasteiger partial charge in [-0.05, 0) is 54.0 Å². The summed E-state index contributed by atoms with van der Waals surface area (Å²) in [6, 6.07) is 12.2. The number of aryl methyl sites for hydroxylation is 1. The molecule has 0 saturated carbocycles. The van der Waals surface area contributed by atoms with Crippen molar-refractivity contribution in [3.05, 3.63) is 81.3 Å². The van der Waals surface area contributed by atoms with E-state index in [1.54, 1.807) is 37.4 Å². The summed E-state index contributed by atoms with van der Waals surface area (Å²) < 4.78 is 46.0. The SMILES string of the molecule is [C-]#[N+]/C(=C/c1ccc(OC)c(C)c1)C(=O)OCC(C)(C)C1OCC2(COC(C(C)(C)COC(=O)/C(C#N)=C\c3ccc(CO)c(OC)c3)OC2)CO1. The number of esters is 2. The van der Waals surface area contributed by atoms with Gasteiger partial charge in [0, 0.05) is 16.4 Å². The standard InChI is InChI=1S/C39H46N2O11/c1-25-13-26(10-12-31(25)45-7)15-30(41-6)34(44)48-20-38(4,5)36-51-23-39(24-52-36)21-49-35(50-22-39)37(2,3)19-47-33(43)29(17-40)14-27-9-11-28(18-42)32(16-27)46-8/h9-16,35-36,42H,18-24H2,1-5,7-8H3/b29-14-,30-15+. The lowest BCUT2D eigenvalue weighted by Crippen LogP contribution is -2.57. The smallest absolute Gasteiger partial charge is 0.348 e. The average molecular weight is 719 g/mol. The number of aliphatic hydroxyl groups excluding tert-OH is 1. The van der Waals surface area contributed by atoms with Crippen molar-refractivity contribution >= 4 is 24.1 Å². The average Bonchev–Trinajstić information content (AvgIpc) is 3.14.